The fourth-order valence-electron chi connectivity index (χ4n) is 2.54. The van der Waals surface area contributed by atoms with Crippen LogP contribution in [-0.4, -0.2) is 5.90 Å². The van der Waals surface area contributed by atoms with Gasteiger partial charge in [0.2, 0.25) is 5.90 Å². The van der Waals surface area contributed by atoms with Gasteiger partial charge in [-0.1, -0.05) is 47.5 Å². The predicted octanol–water partition coefficient (Wildman–Crippen LogP) is 6.70. The molecule has 0 fully saturated rings. The molecule has 3 aromatic carbocycles. The first-order chi connectivity index (χ1) is 13.5. The lowest BCUT2D eigenvalue weighted by atomic mass is 10.2. The van der Waals surface area contributed by atoms with Gasteiger partial charge < -0.3 is 9.47 Å². The minimum Gasteiger partial charge on any atom is -0.465 e. The SMILES string of the molecule is C/C(=C\Oc1ccc(C)cc1)C(=Nc1ccc(C)cc1)Oc1cccc(C)c1. The van der Waals surface area contributed by atoms with Crippen LogP contribution in [0.1, 0.15) is 23.6 Å². The van der Waals surface area contributed by atoms with Gasteiger partial charge in [-0.2, -0.15) is 0 Å². The third kappa shape index (κ3) is 5.58. The lowest BCUT2D eigenvalue weighted by molar-refractivity contribution is 0.473. The largest absolute Gasteiger partial charge is 0.465 e. The summed E-state index contributed by atoms with van der Waals surface area (Å²) in [5, 5.41) is 0. The number of aliphatic imine (C=N–C) groups is 1. The van der Waals surface area contributed by atoms with Crippen molar-refractivity contribution in [1.82, 2.24) is 0 Å². The zero-order chi connectivity index (χ0) is 19.9. The molecule has 3 aromatic rings. The van der Waals surface area contributed by atoms with Gasteiger partial charge in [-0.15, -0.1) is 0 Å². The maximum absolute atomic E-state index is 6.10. The average Bonchev–Trinajstić information content (AvgIpc) is 2.68. The molecule has 0 aromatic heterocycles. The van der Waals surface area contributed by atoms with Gasteiger partial charge in [-0.05, 0) is 69.7 Å². The van der Waals surface area contributed by atoms with Crippen molar-refractivity contribution in [2.45, 2.75) is 27.7 Å². The van der Waals surface area contributed by atoms with Gasteiger partial charge in [-0.25, -0.2) is 4.99 Å². The van der Waals surface area contributed by atoms with E-state index in [1.807, 2.05) is 93.6 Å². The minimum atomic E-state index is 0.501. The van der Waals surface area contributed by atoms with Gasteiger partial charge in [0.25, 0.3) is 0 Å². The molecule has 0 amide bonds. The van der Waals surface area contributed by atoms with E-state index in [0.717, 1.165) is 28.3 Å². The monoisotopic (exact) mass is 371 g/mol. The number of hydrogen-bond donors (Lipinski definition) is 0. The predicted molar refractivity (Wildman–Crippen MR) is 116 cm³/mol. The summed E-state index contributed by atoms with van der Waals surface area (Å²) in [5.74, 6) is 2.02. The van der Waals surface area contributed by atoms with Crippen LogP contribution in [0.2, 0.25) is 0 Å². The molecular formula is C25H25NO2. The van der Waals surface area contributed by atoms with Crippen molar-refractivity contribution in [1.29, 1.82) is 0 Å². The Bertz CT molecular complexity index is 984. The van der Waals surface area contributed by atoms with Crippen molar-refractivity contribution in [2.24, 2.45) is 4.99 Å². The summed E-state index contributed by atoms with van der Waals surface area (Å²) in [6.45, 7) is 8.06. The topological polar surface area (TPSA) is 30.8 Å². The lowest BCUT2D eigenvalue weighted by Gasteiger charge is -2.11. The molecule has 0 unspecified atom stereocenters. The highest BCUT2D eigenvalue weighted by Gasteiger charge is 2.08. The second kappa shape index (κ2) is 9.05. The molecular weight excluding hydrogens is 346 g/mol. The number of hydrogen-bond acceptors (Lipinski definition) is 3. The van der Waals surface area contributed by atoms with Gasteiger partial charge in [-0.3, -0.25) is 0 Å². The second-order valence-corrected chi connectivity index (χ2v) is 6.90. The van der Waals surface area contributed by atoms with Crippen LogP contribution in [0.15, 0.2) is 89.6 Å². The highest BCUT2D eigenvalue weighted by Crippen LogP contribution is 2.20. The molecule has 0 atom stereocenters. The average molecular weight is 371 g/mol. The summed E-state index contributed by atoms with van der Waals surface area (Å²) >= 11 is 0. The molecule has 3 heteroatoms. The van der Waals surface area contributed by atoms with Gasteiger partial charge >= 0.3 is 0 Å². The highest BCUT2D eigenvalue weighted by molar-refractivity contribution is 5.96. The van der Waals surface area contributed by atoms with Crippen LogP contribution in [-0.2, 0) is 0 Å². The summed E-state index contributed by atoms with van der Waals surface area (Å²) in [7, 11) is 0. The quantitative estimate of drug-likeness (QED) is 0.284. The highest BCUT2D eigenvalue weighted by atomic mass is 16.5. The van der Waals surface area contributed by atoms with Crippen molar-refractivity contribution < 1.29 is 9.47 Å². The molecule has 3 nitrogen and oxygen atoms in total. The Kier molecular flexibility index (Phi) is 6.28. The van der Waals surface area contributed by atoms with Crippen molar-refractivity contribution >= 4 is 11.6 Å². The Morgan fingerprint density at radius 1 is 0.750 bits per heavy atom. The van der Waals surface area contributed by atoms with Crippen LogP contribution < -0.4 is 9.47 Å². The molecule has 0 spiro atoms. The van der Waals surface area contributed by atoms with E-state index in [1.54, 1.807) is 6.26 Å². The molecule has 0 aliphatic carbocycles. The number of ether oxygens (including phenoxy) is 2. The Labute approximate surface area is 167 Å². The maximum Gasteiger partial charge on any atom is 0.225 e. The summed E-state index contributed by atoms with van der Waals surface area (Å²) in [4.78, 5) is 4.70. The molecule has 0 aliphatic rings. The molecule has 0 saturated carbocycles. The Morgan fingerprint density at radius 2 is 1.39 bits per heavy atom. The van der Waals surface area contributed by atoms with E-state index in [9.17, 15) is 0 Å². The number of benzene rings is 3. The van der Waals surface area contributed by atoms with E-state index in [-0.39, 0.29) is 0 Å². The molecule has 0 heterocycles. The molecule has 28 heavy (non-hydrogen) atoms. The lowest BCUT2D eigenvalue weighted by Crippen LogP contribution is -2.11. The van der Waals surface area contributed by atoms with Crippen LogP contribution in [0.4, 0.5) is 5.69 Å². The first kappa shape index (κ1) is 19.4. The maximum atomic E-state index is 6.10. The molecule has 0 aliphatic heterocycles. The van der Waals surface area contributed by atoms with Gasteiger partial charge in [0.05, 0.1) is 11.9 Å². The zero-order valence-corrected chi connectivity index (χ0v) is 16.8. The standard InChI is InChI=1S/C25H25NO2/c1-18-8-12-22(13-9-18)26-25(28-24-7-5-6-20(3)16-24)21(4)17-27-23-14-10-19(2)11-15-23/h5-17H,1-4H3/b21-17+,26-25?. The summed E-state index contributed by atoms with van der Waals surface area (Å²) < 4.78 is 11.9. The van der Waals surface area contributed by atoms with Crippen molar-refractivity contribution in [3.63, 3.8) is 0 Å². The normalized spacial score (nSPS) is 12.0. The van der Waals surface area contributed by atoms with Crippen molar-refractivity contribution in [3.8, 4) is 11.5 Å². The summed E-state index contributed by atoms with van der Waals surface area (Å²) in [6.07, 6.45) is 1.67. The van der Waals surface area contributed by atoms with Gasteiger partial charge in [0.1, 0.15) is 11.5 Å². The molecule has 0 bridgehead atoms. The Morgan fingerprint density at radius 3 is 2.04 bits per heavy atom. The molecule has 0 radical (unpaired) electrons. The van der Waals surface area contributed by atoms with Gasteiger partial charge in [0.15, 0.2) is 0 Å². The molecule has 0 saturated heterocycles. The third-order valence-corrected chi connectivity index (χ3v) is 4.20. The fraction of sp³-hybridized carbons (Fsp3) is 0.160. The van der Waals surface area contributed by atoms with E-state index >= 15 is 0 Å². The molecule has 3 rings (SSSR count). The zero-order valence-electron chi connectivity index (χ0n) is 16.8. The van der Waals surface area contributed by atoms with E-state index in [2.05, 4.69) is 6.92 Å². The van der Waals surface area contributed by atoms with Crippen LogP contribution in [0.5, 0.6) is 11.5 Å². The summed E-state index contributed by atoms with van der Waals surface area (Å²) in [5.41, 5.74) is 5.14. The van der Waals surface area contributed by atoms with Crippen molar-refractivity contribution in [3.05, 3.63) is 101 Å². The van der Waals surface area contributed by atoms with E-state index in [1.165, 1.54) is 11.1 Å². The second-order valence-electron chi connectivity index (χ2n) is 6.90. The molecule has 0 N–H and O–H groups in total. The Balaban J connectivity index is 1.88. The molecule has 142 valence electrons. The summed E-state index contributed by atoms with van der Waals surface area (Å²) in [6, 6.07) is 23.8. The number of nitrogens with zero attached hydrogens (tertiary/aromatic N) is 1. The van der Waals surface area contributed by atoms with Crippen molar-refractivity contribution in [2.75, 3.05) is 0 Å². The number of rotatable bonds is 5. The van der Waals surface area contributed by atoms with Crippen LogP contribution in [0, 0.1) is 20.8 Å². The van der Waals surface area contributed by atoms with Crippen LogP contribution >= 0.6 is 0 Å². The van der Waals surface area contributed by atoms with Crippen LogP contribution in [0.25, 0.3) is 0 Å². The fourth-order valence-corrected chi connectivity index (χ4v) is 2.54. The first-order valence-electron chi connectivity index (χ1n) is 9.30. The Hall–Kier alpha value is -3.33. The smallest absolute Gasteiger partial charge is 0.225 e. The van der Waals surface area contributed by atoms with E-state index < -0.39 is 0 Å². The number of aryl methyl sites for hydroxylation is 3. The minimum absolute atomic E-state index is 0.501. The first-order valence-corrected chi connectivity index (χ1v) is 9.30. The third-order valence-electron chi connectivity index (χ3n) is 4.20. The van der Waals surface area contributed by atoms with E-state index in [4.69, 9.17) is 14.5 Å². The van der Waals surface area contributed by atoms with Gasteiger partial charge in [0, 0.05) is 5.57 Å². The van der Waals surface area contributed by atoms with E-state index in [0.29, 0.717) is 5.90 Å². The van der Waals surface area contributed by atoms with Crippen LogP contribution in [0.3, 0.4) is 0 Å².